The van der Waals surface area contributed by atoms with Crippen LogP contribution in [0.15, 0.2) is 37.6 Å². The van der Waals surface area contributed by atoms with E-state index in [-0.39, 0.29) is 16.4 Å². The van der Waals surface area contributed by atoms with Gasteiger partial charge in [0.1, 0.15) is 15.5 Å². The number of nitrogens with one attached hydrogen (secondary N) is 1. The van der Waals surface area contributed by atoms with Crippen molar-refractivity contribution in [1.29, 1.82) is 0 Å². The first-order valence-corrected chi connectivity index (χ1v) is 13.7. The molecule has 162 valence electrons. The van der Waals surface area contributed by atoms with Crippen LogP contribution in [0.25, 0.3) is 30.9 Å². The van der Waals surface area contributed by atoms with E-state index in [0.29, 0.717) is 16.4 Å². The number of hydrogen-bond donors (Lipinski definition) is 1. The van der Waals surface area contributed by atoms with Crippen molar-refractivity contribution in [1.82, 2.24) is 19.5 Å². The molecule has 1 aliphatic rings. The van der Waals surface area contributed by atoms with Crippen molar-refractivity contribution in [3.8, 4) is 10.4 Å². The number of aromatic amines is 1. The summed E-state index contributed by atoms with van der Waals surface area (Å²) in [5, 5.41) is 5.90. The van der Waals surface area contributed by atoms with E-state index in [1.54, 1.807) is 34.3 Å². The second kappa shape index (κ2) is 7.65. The molecule has 0 fully saturated rings. The van der Waals surface area contributed by atoms with Crippen LogP contribution >= 0.6 is 45.8 Å². The second-order valence-electron chi connectivity index (χ2n) is 7.81. The normalized spacial score (nSPS) is 14.4. The number of thiophene rings is 3. The fourth-order valence-corrected chi connectivity index (χ4v) is 8.20. The van der Waals surface area contributed by atoms with Crippen LogP contribution < -0.4 is 11.1 Å². The Balaban J connectivity index is 1.38. The molecule has 1 atom stereocenters. The number of aromatic nitrogens is 4. The van der Waals surface area contributed by atoms with E-state index < -0.39 is 0 Å². The van der Waals surface area contributed by atoms with Crippen molar-refractivity contribution in [3.63, 3.8) is 0 Å². The Kier molecular flexibility index (Phi) is 4.87. The summed E-state index contributed by atoms with van der Waals surface area (Å²) in [4.78, 5) is 42.5. The molecule has 0 spiro atoms. The average molecular weight is 499 g/mol. The molecule has 5 heterocycles. The summed E-state index contributed by atoms with van der Waals surface area (Å²) in [5.74, 6) is 0.593. The molecule has 6 nitrogen and oxygen atoms in total. The third-order valence-electron chi connectivity index (χ3n) is 5.82. The highest BCUT2D eigenvalue weighted by Gasteiger charge is 2.24. The molecule has 6 rings (SSSR count). The highest BCUT2D eigenvalue weighted by Crippen LogP contribution is 2.38. The lowest BCUT2D eigenvalue weighted by atomic mass is 10.2. The number of H-pyrrole nitrogens is 1. The molecule has 0 bridgehead atoms. The van der Waals surface area contributed by atoms with Gasteiger partial charge < -0.3 is 4.98 Å². The number of hydrogen-bond acceptors (Lipinski definition) is 8. The summed E-state index contributed by atoms with van der Waals surface area (Å²) in [6.07, 6.45) is 3.12. The monoisotopic (exact) mass is 498 g/mol. The Hall–Kier alpha value is -2.27. The first-order valence-electron chi connectivity index (χ1n) is 10.2. The molecule has 32 heavy (non-hydrogen) atoms. The molecular formula is C22H18N4O2S4. The van der Waals surface area contributed by atoms with Crippen molar-refractivity contribution in [3.05, 3.63) is 59.9 Å². The van der Waals surface area contributed by atoms with E-state index in [4.69, 9.17) is 9.97 Å². The molecular weight excluding hydrogens is 481 g/mol. The van der Waals surface area contributed by atoms with Gasteiger partial charge in [0.15, 0.2) is 5.16 Å². The molecule has 0 amide bonds. The van der Waals surface area contributed by atoms with Gasteiger partial charge in [-0.3, -0.25) is 14.2 Å². The van der Waals surface area contributed by atoms with Crippen molar-refractivity contribution >= 4 is 66.2 Å². The lowest BCUT2D eigenvalue weighted by molar-refractivity contribution is 0.723. The summed E-state index contributed by atoms with van der Waals surface area (Å²) in [5.41, 5.74) is 2.01. The van der Waals surface area contributed by atoms with E-state index >= 15 is 0 Å². The number of aryl methyl sites for hydroxylation is 2. The predicted molar refractivity (Wildman–Crippen MR) is 135 cm³/mol. The predicted octanol–water partition coefficient (Wildman–Crippen LogP) is 5.36. The van der Waals surface area contributed by atoms with Crippen LogP contribution in [-0.4, -0.2) is 19.5 Å². The fraction of sp³-hybridized carbons (Fsp3) is 0.273. The largest absolute Gasteiger partial charge is 0.309 e. The van der Waals surface area contributed by atoms with Gasteiger partial charge in [-0.1, -0.05) is 17.8 Å². The molecule has 1 N–H and O–H groups in total. The average Bonchev–Trinajstić information content (AvgIpc) is 3.54. The molecule has 0 aromatic carbocycles. The number of rotatable bonds is 4. The third kappa shape index (κ3) is 3.12. The van der Waals surface area contributed by atoms with E-state index in [1.807, 2.05) is 29.8 Å². The van der Waals surface area contributed by atoms with E-state index in [1.165, 1.54) is 33.5 Å². The van der Waals surface area contributed by atoms with Crippen molar-refractivity contribution in [2.45, 2.75) is 36.6 Å². The van der Waals surface area contributed by atoms with E-state index in [9.17, 15) is 9.59 Å². The van der Waals surface area contributed by atoms with Crippen molar-refractivity contribution in [2.75, 3.05) is 0 Å². The van der Waals surface area contributed by atoms with Gasteiger partial charge in [0, 0.05) is 27.7 Å². The molecule has 0 saturated carbocycles. The van der Waals surface area contributed by atoms with Gasteiger partial charge in [0.25, 0.3) is 11.1 Å². The number of thioether (sulfide) groups is 1. The van der Waals surface area contributed by atoms with Gasteiger partial charge in [-0.15, -0.1) is 34.0 Å². The lowest BCUT2D eigenvalue weighted by Gasteiger charge is -2.13. The van der Waals surface area contributed by atoms with Crippen LogP contribution in [0.5, 0.6) is 0 Å². The van der Waals surface area contributed by atoms with Gasteiger partial charge >= 0.3 is 0 Å². The molecule has 0 radical (unpaired) electrons. The zero-order valence-corrected chi connectivity index (χ0v) is 20.6. The van der Waals surface area contributed by atoms with Crippen LogP contribution in [0.3, 0.4) is 0 Å². The Bertz CT molecular complexity index is 1610. The number of nitrogens with zero attached hydrogens (tertiary/aromatic N) is 3. The highest BCUT2D eigenvalue weighted by atomic mass is 32.2. The zero-order chi connectivity index (χ0) is 22.0. The van der Waals surface area contributed by atoms with Gasteiger partial charge in [-0.2, -0.15) is 0 Å². The van der Waals surface area contributed by atoms with Gasteiger partial charge in [0.05, 0.1) is 16.0 Å². The van der Waals surface area contributed by atoms with Gasteiger partial charge in [0.2, 0.25) is 0 Å². The van der Waals surface area contributed by atoms with E-state index in [0.717, 1.165) is 44.8 Å². The summed E-state index contributed by atoms with van der Waals surface area (Å²) in [7, 11) is 1.77. The van der Waals surface area contributed by atoms with Crippen LogP contribution in [0.1, 0.15) is 34.9 Å². The SMILES string of the molecule is CC(Sc1nc2sc3c(c2c(=O)n1C)CCC3)c1nc2scc(-c3cccs3)c2c(=O)[nH]1. The Morgan fingerprint density at radius 1 is 1.16 bits per heavy atom. The zero-order valence-electron chi connectivity index (χ0n) is 17.3. The fourth-order valence-electron chi connectivity index (χ4n) is 4.20. The Labute approximate surface area is 199 Å². The van der Waals surface area contributed by atoms with Crippen molar-refractivity contribution < 1.29 is 0 Å². The van der Waals surface area contributed by atoms with Crippen LogP contribution in [0.2, 0.25) is 0 Å². The second-order valence-corrected chi connectivity index (χ2v) is 12.0. The summed E-state index contributed by atoms with van der Waals surface area (Å²) in [6.45, 7) is 1.98. The van der Waals surface area contributed by atoms with Crippen LogP contribution in [-0.2, 0) is 19.9 Å². The minimum Gasteiger partial charge on any atom is -0.309 e. The van der Waals surface area contributed by atoms with Gasteiger partial charge in [-0.25, -0.2) is 9.97 Å². The maximum Gasteiger partial charge on any atom is 0.262 e. The highest BCUT2D eigenvalue weighted by molar-refractivity contribution is 7.99. The summed E-state index contributed by atoms with van der Waals surface area (Å²) < 4.78 is 1.63. The minimum atomic E-state index is -0.165. The molecule has 1 aliphatic carbocycles. The molecule has 5 aromatic heterocycles. The van der Waals surface area contributed by atoms with Crippen LogP contribution in [0, 0.1) is 0 Å². The van der Waals surface area contributed by atoms with Gasteiger partial charge in [-0.05, 0) is 43.2 Å². The third-order valence-corrected chi connectivity index (χ3v) is 9.94. The minimum absolute atomic E-state index is 0.0138. The molecule has 1 unspecified atom stereocenters. The summed E-state index contributed by atoms with van der Waals surface area (Å²) >= 11 is 6.18. The maximum absolute atomic E-state index is 13.1. The smallest absolute Gasteiger partial charge is 0.262 e. The Morgan fingerprint density at radius 3 is 2.84 bits per heavy atom. The standard InChI is InChI=1S/C22H18N4O2S4/c1-10(17-23-18(27)15-12(9-30-19(15)24-17)13-7-4-8-29-13)31-22-25-20-16(21(28)26(22)2)11-5-3-6-14(11)32-20/h4,7-10H,3,5-6H2,1-2H3,(H,23,24,27). The maximum atomic E-state index is 13.1. The molecule has 0 saturated heterocycles. The quantitative estimate of drug-likeness (QED) is 0.266. The summed E-state index contributed by atoms with van der Waals surface area (Å²) in [6, 6.07) is 4.00. The topological polar surface area (TPSA) is 80.6 Å². The lowest BCUT2D eigenvalue weighted by Crippen LogP contribution is -2.20. The molecule has 0 aliphatic heterocycles. The number of fused-ring (bicyclic) bond motifs is 4. The van der Waals surface area contributed by atoms with E-state index in [2.05, 4.69) is 4.98 Å². The molecule has 10 heteroatoms. The Morgan fingerprint density at radius 2 is 2.03 bits per heavy atom. The van der Waals surface area contributed by atoms with Crippen LogP contribution in [0.4, 0.5) is 0 Å². The first kappa shape index (κ1) is 20.3. The van der Waals surface area contributed by atoms with Crippen molar-refractivity contribution in [2.24, 2.45) is 7.05 Å². The first-order chi connectivity index (χ1) is 15.5. The molecule has 5 aromatic rings.